The summed E-state index contributed by atoms with van der Waals surface area (Å²) in [4.78, 5) is 11.3. The maximum Gasteiger partial charge on any atom is 0.250 e. The summed E-state index contributed by atoms with van der Waals surface area (Å²) >= 11 is 0. The van der Waals surface area contributed by atoms with E-state index in [1.54, 1.807) is 12.1 Å². The number of para-hydroxylation sites is 1. The topological polar surface area (TPSA) is 81.1 Å². The second kappa shape index (κ2) is 6.02. The number of carbonyl (C=O) groups excluding carboxylic acids is 1. The minimum Gasteiger partial charge on any atom is -0.380 e. The van der Waals surface area contributed by atoms with E-state index in [1.165, 1.54) is 0 Å². The fourth-order valence-corrected chi connectivity index (χ4v) is 1.97. The van der Waals surface area contributed by atoms with Crippen LogP contribution in [0.25, 0.3) is 0 Å². The number of rotatable bonds is 5. The van der Waals surface area contributed by atoms with Crippen molar-refractivity contribution in [1.29, 1.82) is 0 Å². The van der Waals surface area contributed by atoms with E-state index in [-0.39, 0.29) is 0 Å². The molecule has 0 bridgehead atoms. The molecular weight excluding hydrogens is 238 g/mol. The third kappa shape index (κ3) is 3.11. The minimum atomic E-state index is -0.435. The Bertz CT molecular complexity index is 581. The first-order valence-electron chi connectivity index (χ1n) is 6.12. The highest BCUT2D eigenvalue weighted by atomic mass is 16.1. The molecule has 5 N–H and O–H groups in total. The number of amides is 1. The van der Waals surface area contributed by atoms with Gasteiger partial charge in [0.2, 0.25) is 0 Å². The Hall–Kier alpha value is -2.33. The van der Waals surface area contributed by atoms with Gasteiger partial charge < -0.3 is 16.8 Å². The van der Waals surface area contributed by atoms with Gasteiger partial charge in [-0.15, -0.1) is 0 Å². The van der Waals surface area contributed by atoms with Crippen LogP contribution in [-0.2, 0) is 13.1 Å². The molecule has 0 saturated carbocycles. The average Bonchev–Trinajstić information content (AvgIpc) is 2.45. The van der Waals surface area contributed by atoms with Gasteiger partial charge in [-0.1, -0.05) is 36.4 Å². The molecule has 0 fully saturated rings. The summed E-state index contributed by atoms with van der Waals surface area (Å²) in [6.07, 6.45) is 0. The van der Waals surface area contributed by atoms with Crippen molar-refractivity contribution in [2.24, 2.45) is 11.5 Å². The van der Waals surface area contributed by atoms with E-state index in [1.807, 2.05) is 36.4 Å². The second-order valence-corrected chi connectivity index (χ2v) is 4.24. The van der Waals surface area contributed by atoms with E-state index in [0.717, 1.165) is 16.8 Å². The fourth-order valence-electron chi connectivity index (χ4n) is 1.97. The van der Waals surface area contributed by atoms with Crippen LogP contribution in [0, 0.1) is 0 Å². The van der Waals surface area contributed by atoms with Crippen molar-refractivity contribution in [2.75, 3.05) is 5.32 Å². The molecule has 19 heavy (non-hydrogen) atoms. The van der Waals surface area contributed by atoms with Crippen molar-refractivity contribution in [3.8, 4) is 0 Å². The average molecular weight is 255 g/mol. The molecule has 4 heteroatoms. The Balaban J connectivity index is 2.17. The van der Waals surface area contributed by atoms with E-state index in [0.29, 0.717) is 18.7 Å². The first-order valence-corrected chi connectivity index (χ1v) is 6.12. The number of hydrogen-bond donors (Lipinski definition) is 3. The molecule has 0 heterocycles. The van der Waals surface area contributed by atoms with Gasteiger partial charge in [0, 0.05) is 18.8 Å². The maximum atomic E-state index is 11.3. The smallest absolute Gasteiger partial charge is 0.250 e. The number of anilines is 1. The van der Waals surface area contributed by atoms with Gasteiger partial charge in [0.15, 0.2) is 0 Å². The Kier molecular flexibility index (Phi) is 4.15. The van der Waals surface area contributed by atoms with E-state index < -0.39 is 5.91 Å². The SMILES string of the molecule is NCc1ccccc1CNc1ccccc1C(N)=O. The number of benzene rings is 2. The molecule has 0 aliphatic heterocycles. The molecular formula is C15H17N3O. The molecule has 2 rings (SSSR count). The van der Waals surface area contributed by atoms with Crippen LogP contribution in [0.2, 0.25) is 0 Å². The van der Waals surface area contributed by atoms with Crippen LogP contribution in [0.1, 0.15) is 21.5 Å². The molecule has 0 saturated heterocycles. The van der Waals surface area contributed by atoms with Crippen LogP contribution in [0.5, 0.6) is 0 Å². The van der Waals surface area contributed by atoms with Crippen LogP contribution in [0.3, 0.4) is 0 Å². The molecule has 98 valence electrons. The second-order valence-electron chi connectivity index (χ2n) is 4.24. The standard InChI is InChI=1S/C15H17N3O/c16-9-11-5-1-2-6-12(11)10-18-14-8-4-3-7-13(14)15(17)19/h1-8,18H,9-10,16H2,(H2,17,19). The van der Waals surface area contributed by atoms with E-state index in [2.05, 4.69) is 5.32 Å². The Morgan fingerprint density at radius 3 is 2.32 bits per heavy atom. The molecule has 4 nitrogen and oxygen atoms in total. The van der Waals surface area contributed by atoms with Crippen molar-refractivity contribution in [2.45, 2.75) is 13.1 Å². The van der Waals surface area contributed by atoms with Crippen LogP contribution in [0.4, 0.5) is 5.69 Å². The highest BCUT2D eigenvalue weighted by molar-refractivity contribution is 5.98. The first-order chi connectivity index (χ1) is 9.22. The van der Waals surface area contributed by atoms with E-state index in [9.17, 15) is 4.79 Å². The number of hydrogen-bond acceptors (Lipinski definition) is 3. The monoisotopic (exact) mass is 255 g/mol. The van der Waals surface area contributed by atoms with Gasteiger partial charge in [0.25, 0.3) is 5.91 Å². The van der Waals surface area contributed by atoms with Gasteiger partial charge in [0.1, 0.15) is 0 Å². The van der Waals surface area contributed by atoms with Crippen molar-refractivity contribution >= 4 is 11.6 Å². The van der Waals surface area contributed by atoms with Gasteiger partial charge in [0.05, 0.1) is 5.56 Å². The normalized spacial score (nSPS) is 10.2. The van der Waals surface area contributed by atoms with E-state index >= 15 is 0 Å². The van der Waals surface area contributed by atoms with Crippen molar-refractivity contribution in [3.05, 3.63) is 65.2 Å². The largest absolute Gasteiger partial charge is 0.380 e. The summed E-state index contributed by atoms with van der Waals surface area (Å²) in [6.45, 7) is 1.10. The lowest BCUT2D eigenvalue weighted by Gasteiger charge is -2.12. The van der Waals surface area contributed by atoms with Gasteiger partial charge in [-0.2, -0.15) is 0 Å². The van der Waals surface area contributed by atoms with Crippen LogP contribution in [-0.4, -0.2) is 5.91 Å². The minimum absolute atomic E-state index is 0.435. The predicted molar refractivity (Wildman–Crippen MR) is 76.6 cm³/mol. The molecule has 0 spiro atoms. The number of nitrogens with one attached hydrogen (secondary N) is 1. The molecule has 0 aliphatic rings. The summed E-state index contributed by atoms with van der Waals surface area (Å²) in [5, 5.41) is 3.23. The van der Waals surface area contributed by atoms with Gasteiger partial charge in [-0.25, -0.2) is 0 Å². The summed E-state index contributed by atoms with van der Waals surface area (Å²) in [6, 6.07) is 15.1. The van der Waals surface area contributed by atoms with Crippen LogP contribution >= 0.6 is 0 Å². The third-order valence-electron chi connectivity index (χ3n) is 3.00. The van der Waals surface area contributed by atoms with Crippen molar-refractivity contribution in [3.63, 3.8) is 0 Å². The zero-order valence-corrected chi connectivity index (χ0v) is 10.6. The number of carbonyl (C=O) groups is 1. The van der Waals surface area contributed by atoms with Gasteiger partial charge in [-0.05, 0) is 23.3 Å². The molecule has 1 amide bonds. The molecule has 2 aromatic rings. The fraction of sp³-hybridized carbons (Fsp3) is 0.133. The molecule has 0 atom stereocenters. The zero-order valence-electron chi connectivity index (χ0n) is 10.6. The Labute approximate surface area is 112 Å². The highest BCUT2D eigenvalue weighted by Gasteiger charge is 2.07. The Morgan fingerprint density at radius 1 is 1.00 bits per heavy atom. The highest BCUT2D eigenvalue weighted by Crippen LogP contribution is 2.16. The van der Waals surface area contributed by atoms with Crippen LogP contribution < -0.4 is 16.8 Å². The number of nitrogens with two attached hydrogens (primary N) is 2. The summed E-state index contributed by atoms with van der Waals surface area (Å²) in [5.41, 5.74) is 14.5. The lowest BCUT2D eigenvalue weighted by Crippen LogP contribution is -2.14. The quantitative estimate of drug-likeness (QED) is 0.762. The first kappa shape index (κ1) is 13.1. The summed E-state index contributed by atoms with van der Waals surface area (Å²) in [5.74, 6) is -0.435. The molecule has 0 unspecified atom stereocenters. The summed E-state index contributed by atoms with van der Waals surface area (Å²) < 4.78 is 0. The van der Waals surface area contributed by atoms with Crippen LogP contribution in [0.15, 0.2) is 48.5 Å². The molecule has 2 aromatic carbocycles. The Morgan fingerprint density at radius 2 is 1.63 bits per heavy atom. The molecule has 0 radical (unpaired) electrons. The summed E-state index contributed by atoms with van der Waals surface area (Å²) in [7, 11) is 0. The zero-order chi connectivity index (χ0) is 13.7. The predicted octanol–water partition coefficient (Wildman–Crippen LogP) is 1.86. The third-order valence-corrected chi connectivity index (χ3v) is 3.00. The number of primary amides is 1. The lowest BCUT2D eigenvalue weighted by molar-refractivity contribution is 0.100. The van der Waals surface area contributed by atoms with Gasteiger partial charge >= 0.3 is 0 Å². The maximum absolute atomic E-state index is 11.3. The van der Waals surface area contributed by atoms with E-state index in [4.69, 9.17) is 11.5 Å². The van der Waals surface area contributed by atoms with Crippen molar-refractivity contribution in [1.82, 2.24) is 0 Å². The molecule has 0 aromatic heterocycles. The van der Waals surface area contributed by atoms with Crippen molar-refractivity contribution < 1.29 is 4.79 Å². The molecule has 0 aliphatic carbocycles. The lowest BCUT2D eigenvalue weighted by atomic mass is 10.1. The van der Waals surface area contributed by atoms with Gasteiger partial charge in [-0.3, -0.25) is 4.79 Å².